The van der Waals surface area contributed by atoms with Crippen LogP contribution in [0.15, 0.2) is 35.1 Å². The predicted molar refractivity (Wildman–Crippen MR) is 113 cm³/mol. The van der Waals surface area contributed by atoms with E-state index in [9.17, 15) is 34.8 Å². The standard InChI is InChI=1S/C22H25N3O7/c1-7-8-4-5-10(23)17(27)12(8)16(26)9-6-22(32)14(18(28)11(7)9)15(25(2)3)19(29)13(20(22)30)21(24)31/h4-7,11,14-15,18,27-28,30,32H,23H2,1-3H3,(H2,24,31)/t7-,11+,14+,15-,18-,22+/m0/s1. The Morgan fingerprint density at radius 3 is 2.38 bits per heavy atom. The minimum absolute atomic E-state index is 0.00834. The lowest BCUT2D eigenvalue weighted by molar-refractivity contribution is -0.143. The molecular formula is C22H25N3O7. The molecule has 3 aliphatic rings. The van der Waals surface area contributed by atoms with E-state index in [1.807, 2.05) is 0 Å². The largest absolute Gasteiger partial charge is 0.508 e. The van der Waals surface area contributed by atoms with E-state index in [1.54, 1.807) is 13.0 Å². The Labute approximate surface area is 183 Å². The molecule has 4 rings (SSSR count). The smallest absolute Gasteiger partial charge is 0.255 e. The average molecular weight is 443 g/mol. The number of aliphatic hydroxyl groups excluding tert-OH is 2. The monoisotopic (exact) mass is 443 g/mol. The highest BCUT2D eigenvalue weighted by Crippen LogP contribution is 2.54. The van der Waals surface area contributed by atoms with Gasteiger partial charge >= 0.3 is 0 Å². The number of nitrogens with two attached hydrogens (primary N) is 2. The number of carbonyl (C=O) groups excluding carboxylic acids is 3. The van der Waals surface area contributed by atoms with Gasteiger partial charge in [0.05, 0.1) is 23.4 Å². The Morgan fingerprint density at radius 2 is 1.81 bits per heavy atom. The summed E-state index contributed by atoms with van der Waals surface area (Å²) >= 11 is 0. The molecule has 1 aromatic carbocycles. The van der Waals surface area contributed by atoms with Crippen LogP contribution >= 0.6 is 0 Å². The summed E-state index contributed by atoms with van der Waals surface area (Å²) in [7, 11) is 3.06. The van der Waals surface area contributed by atoms with E-state index in [-0.39, 0.29) is 16.8 Å². The number of amides is 1. The fourth-order valence-corrected chi connectivity index (χ4v) is 5.53. The molecule has 0 bridgehead atoms. The molecule has 32 heavy (non-hydrogen) atoms. The number of hydrogen-bond donors (Lipinski definition) is 6. The van der Waals surface area contributed by atoms with E-state index >= 15 is 0 Å². The zero-order valence-corrected chi connectivity index (χ0v) is 17.7. The average Bonchev–Trinajstić information content (AvgIpc) is 2.69. The maximum Gasteiger partial charge on any atom is 0.255 e. The fourth-order valence-electron chi connectivity index (χ4n) is 5.53. The third-order valence-electron chi connectivity index (χ3n) is 7.01. The zero-order valence-electron chi connectivity index (χ0n) is 17.7. The highest BCUT2D eigenvalue weighted by molar-refractivity contribution is 6.22. The number of nitrogens with zero attached hydrogens (tertiary/aromatic N) is 1. The molecule has 0 aliphatic heterocycles. The quantitative estimate of drug-likeness (QED) is 0.196. The number of Topliss-reactive ketones (excluding diaryl/α,β-unsaturated/α-hetero) is 2. The van der Waals surface area contributed by atoms with Crippen molar-refractivity contribution >= 4 is 23.2 Å². The second-order valence-corrected chi connectivity index (χ2v) is 8.91. The number of phenols is 1. The van der Waals surface area contributed by atoms with Crippen LogP contribution in [0.5, 0.6) is 5.75 Å². The van der Waals surface area contributed by atoms with E-state index in [1.165, 1.54) is 25.1 Å². The Kier molecular flexibility index (Phi) is 4.74. The summed E-state index contributed by atoms with van der Waals surface area (Å²) in [6.07, 6.45) is -0.388. The summed E-state index contributed by atoms with van der Waals surface area (Å²) in [6, 6.07) is 1.85. The van der Waals surface area contributed by atoms with Crippen LogP contribution in [-0.4, -0.2) is 74.6 Å². The lowest BCUT2D eigenvalue weighted by atomic mass is 9.56. The predicted octanol–water partition coefficient (Wildman–Crippen LogP) is -0.651. The summed E-state index contributed by atoms with van der Waals surface area (Å²) in [4.78, 5) is 39.8. The van der Waals surface area contributed by atoms with Gasteiger partial charge in [0.2, 0.25) is 0 Å². The minimum Gasteiger partial charge on any atom is -0.508 e. The van der Waals surface area contributed by atoms with Crippen LogP contribution in [0.3, 0.4) is 0 Å². The number of fused-ring (bicyclic) bond motifs is 3. The van der Waals surface area contributed by atoms with Gasteiger partial charge < -0.3 is 31.9 Å². The van der Waals surface area contributed by atoms with Gasteiger partial charge in [-0.1, -0.05) is 13.0 Å². The molecule has 8 N–H and O–H groups in total. The number of carbonyl (C=O) groups is 3. The lowest BCUT2D eigenvalue weighted by Gasteiger charge is -2.52. The van der Waals surface area contributed by atoms with Crippen LogP contribution in [0, 0.1) is 11.8 Å². The number of hydrogen-bond acceptors (Lipinski definition) is 9. The summed E-state index contributed by atoms with van der Waals surface area (Å²) in [5.41, 5.74) is 8.21. The van der Waals surface area contributed by atoms with Crippen LogP contribution < -0.4 is 11.5 Å². The van der Waals surface area contributed by atoms with Gasteiger partial charge in [-0.3, -0.25) is 19.3 Å². The number of likely N-dealkylation sites (N-methyl/N-ethyl adjacent to an activating group) is 1. The van der Waals surface area contributed by atoms with Gasteiger partial charge in [0.15, 0.2) is 11.6 Å². The van der Waals surface area contributed by atoms with E-state index in [0.29, 0.717) is 5.56 Å². The number of anilines is 1. The maximum absolute atomic E-state index is 13.4. The molecule has 1 aromatic rings. The zero-order chi connectivity index (χ0) is 23.9. The number of ketones is 2. The number of nitrogen functional groups attached to an aromatic ring is 1. The Morgan fingerprint density at radius 1 is 1.19 bits per heavy atom. The van der Waals surface area contributed by atoms with Crippen LogP contribution in [0.2, 0.25) is 0 Å². The molecule has 0 fully saturated rings. The molecule has 6 atom stereocenters. The van der Waals surface area contributed by atoms with E-state index < -0.39 is 70.1 Å². The van der Waals surface area contributed by atoms with Crippen molar-refractivity contribution in [3.05, 3.63) is 46.2 Å². The SMILES string of the molecule is C[C@H]1c2ccc(N)c(O)c2C(=O)C2=C[C@]3(O)C(O)=C(C(N)=O)C(=O)[C@@H](N(C)C)[C@@H]3[C@@H](O)[C@@H]21. The fraction of sp³-hybridized carbons (Fsp3) is 0.409. The number of aliphatic hydroxyl groups is 3. The number of aromatic hydroxyl groups is 1. The lowest BCUT2D eigenvalue weighted by Crippen LogP contribution is -2.66. The highest BCUT2D eigenvalue weighted by Gasteiger charge is 2.62. The Balaban J connectivity index is 2.03. The highest BCUT2D eigenvalue weighted by atomic mass is 16.3. The molecule has 10 nitrogen and oxygen atoms in total. The van der Waals surface area contributed by atoms with Gasteiger partial charge in [-0.05, 0) is 37.7 Å². The molecule has 0 saturated heterocycles. The molecule has 0 radical (unpaired) electrons. The second kappa shape index (κ2) is 6.89. The van der Waals surface area contributed by atoms with Crippen LogP contribution in [0.4, 0.5) is 5.69 Å². The Hall–Kier alpha value is -3.21. The first kappa shape index (κ1) is 22.0. The first-order valence-electron chi connectivity index (χ1n) is 10.1. The molecule has 3 aliphatic carbocycles. The van der Waals surface area contributed by atoms with Crippen molar-refractivity contribution < 1.29 is 34.8 Å². The number of benzene rings is 1. The summed E-state index contributed by atoms with van der Waals surface area (Å²) < 4.78 is 0. The van der Waals surface area contributed by atoms with Crippen molar-refractivity contribution in [1.29, 1.82) is 0 Å². The number of rotatable bonds is 2. The number of primary amides is 1. The second-order valence-electron chi connectivity index (χ2n) is 8.91. The van der Waals surface area contributed by atoms with Crippen molar-refractivity contribution in [1.82, 2.24) is 4.90 Å². The molecule has 10 heteroatoms. The molecule has 0 unspecified atom stereocenters. The van der Waals surface area contributed by atoms with E-state index in [0.717, 1.165) is 6.08 Å². The van der Waals surface area contributed by atoms with Gasteiger partial charge in [-0.2, -0.15) is 0 Å². The van der Waals surface area contributed by atoms with Gasteiger partial charge in [0.1, 0.15) is 22.7 Å². The third kappa shape index (κ3) is 2.60. The van der Waals surface area contributed by atoms with Crippen molar-refractivity contribution in [3.8, 4) is 5.75 Å². The van der Waals surface area contributed by atoms with Crippen LogP contribution in [-0.2, 0) is 9.59 Å². The maximum atomic E-state index is 13.4. The van der Waals surface area contributed by atoms with Crippen LogP contribution in [0.1, 0.15) is 28.8 Å². The van der Waals surface area contributed by atoms with E-state index in [2.05, 4.69) is 0 Å². The van der Waals surface area contributed by atoms with Gasteiger partial charge in [0.25, 0.3) is 5.91 Å². The Bertz CT molecular complexity index is 1140. The van der Waals surface area contributed by atoms with Crippen molar-refractivity contribution in [2.75, 3.05) is 19.8 Å². The topological polar surface area (TPSA) is 187 Å². The van der Waals surface area contributed by atoms with Gasteiger partial charge in [-0.25, -0.2) is 0 Å². The van der Waals surface area contributed by atoms with Crippen molar-refractivity contribution in [3.63, 3.8) is 0 Å². The molecule has 0 spiro atoms. The molecule has 0 saturated carbocycles. The summed E-state index contributed by atoms with van der Waals surface area (Å²) in [5, 5.41) is 44.1. The van der Waals surface area contributed by atoms with Crippen molar-refractivity contribution in [2.45, 2.75) is 30.6 Å². The van der Waals surface area contributed by atoms with Gasteiger partial charge in [0, 0.05) is 17.4 Å². The normalized spacial score (nSPS) is 34.1. The molecular weight excluding hydrogens is 418 g/mol. The first-order valence-corrected chi connectivity index (χ1v) is 10.1. The molecule has 0 aromatic heterocycles. The summed E-state index contributed by atoms with van der Waals surface area (Å²) in [5.74, 6) is -6.79. The van der Waals surface area contributed by atoms with Crippen molar-refractivity contribution in [2.24, 2.45) is 17.6 Å². The summed E-state index contributed by atoms with van der Waals surface area (Å²) in [6.45, 7) is 1.74. The first-order chi connectivity index (χ1) is 14.8. The third-order valence-corrected chi connectivity index (χ3v) is 7.01. The molecule has 0 heterocycles. The molecule has 170 valence electrons. The number of phenolic OH excluding ortho intramolecular Hbond substituents is 1. The van der Waals surface area contributed by atoms with Crippen LogP contribution in [0.25, 0.3) is 0 Å². The molecule has 1 amide bonds. The van der Waals surface area contributed by atoms with Gasteiger partial charge in [-0.15, -0.1) is 0 Å². The minimum atomic E-state index is -2.42. The van der Waals surface area contributed by atoms with E-state index in [4.69, 9.17) is 11.5 Å².